The standard InChI is InChI=1S/C22H21NO2/c1-2-18-10-6-7-11-21(18)22(24)23-19-12-14-20(15-13-19)25-16-17-8-4-3-5-9-17/h3-15H,2,16H2,1H3,(H,23,24). The Bertz CT molecular complexity index is 826. The number of anilines is 1. The van der Waals surface area contributed by atoms with Crippen molar-refractivity contribution in [1.82, 2.24) is 0 Å². The third-order valence-electron chi connectivity index (χ3n) is 4.00. The van der Waals surface area contributed by atoms with Gasteiger partial charge in [-0.3, -0.25) is 4.79 Å². The van der Waals surface area contributed by atoms with Crippen LogP contribution in [0.5, 0.6) is 5.75 Å². The zero-order valence-electron chi connectivity index (χ0n) is 14.2. The molecule has 0 aliphatic rings. The molecule has 3 heteroatoms. The maximum Gasteiger partial charge on any atom is 0.255 e. The van der Waals surface area contributed by atoms with E-state index in [9.17, 15) is 4.79 Å². The van der Waals surface area contributed by atoms with E-state index in [4.69, 9.17) is 4.74 Å². The number of hydrogen-bond acceptors (Lipinski definition) is 2. The van der Waals surface area contributed by atoms with E-state index in [0.717, 1.165) is 34.5 Å². The molecule has 25 heavy (non-hydrogen) atoms. The van der Waals surface area contributed by atoms with Crippen LogP contribution in [0, 0.1) is 0 Å². The lowest BCUT2D eigenvalue weighted by Crippen LogP contribution is -2.13. The van der Waals surface area contributed by atoms with Gasteiger partial charge in [-0.2, -0.15) is 0 Å². The van der Waals surface area contributed by atoms with E-state index in [0.29, 0.717) is 6.61 Å². The van der Waals surface area contributed by atoms with Gasteiger partial charge in [0.15, 0.2) is 0 Å². The number of amides is 1. The summed E-state index contributed by atoms with van der Waals surface area (Å²) >= 11 is 0. The molecule has 0 unspecified atom stereocenters. The molecule has 0 fully saturated rings. The Morgan fingerprint density at radius 2 is 1.56 bits per heavy atom. The van der Waals surface area contributed by atoms with Crippen molar-refractivity contribution in [1.29, 1.82) is 0 Å². The average Bonchev–Trinajstić information content (AvgIpc) is 2.68. The summed E-state index contributed by atoms with van der Waals surface area (Å²) in [6.07, 6.45) is 0.829. The highest BCUT2D eigenvalue weighted by Gasteiger charge is 2.09. The number of carbonyl (C=O) groups excluding carboxylic acids is 1. The third kappa shape index (κ3) is 4.48. The fourth-order valence-corrected chi connectivity index (χ4v) is 2.62. The minimum absolute atomic E-state index is 0.0876. The molecular formula is C22H21NO2. The Labute approximate surface area is 148 Å². The molecule has 3 aromatic rings. The number of ether oxygens (including phenoxy) is 1. The molecule has 0 aromatic heterocycles. The van der Waals surface area contributed by atoms with E-state index in [-0.39, 0.29) is 5.91 Å². The molecule has 0 saturated carbocycles. The molecule has 3 rings (SSSR count). The Morgan fingerprint density at radius 3 is 2.28 bits per heavy atom. The van der Waals surface area contributed by atoms with Crippen LogP contribution in [0.3, 0.4) is 0 Å². The van der Waals surface area contributed by atoms with Gasteiger partial charge in [-0.05, 0) is 47.9 Å². The molecule has 0 spiro atoms. The molecule has 3 aromatic carbocycles. The van der Waals surface area contributed by atoms with Crippen LogP contribution < -0.4 is 10.1 Å². The first kappa shape index (κ1) is 16.8. The minimum atomic E-state index is -0.0876. The molecule has 0 atom stereocenters. The smallest absolute Gasteiger partial charge is 0.255 e. The largest absolute Gasteiger partial charge is 0.489 e. The van der Waals surface area contributed by atoms with Gasteiger partial charge in [0, 0.05) is 11.3 Å². The number of hydrogen-bond donors (Lipinski definition) is 1. The molecule has 0 aliphatic heterocycles. The molecule has 126 valence electrons. The van der Waals surface area contributed by atoms with Crippen LogP contribution in [0.4, 0.5) is 5.69 Å². The highest BCUT2D eigenvalue weighted by molar-refractivity contribution is 6.05. The second-order valence-electron chi connectivity index (χ2n) is 5.76. The first-order valence-electron chi connectivity index (χ1n) is 8.42. The summed E-state index contributed by atoms with van der Waals surface area (Å²) in [5.74, 6) is 0.686. The van der Waals surface area contributed by atoms with Crippen LogP contribution in [0.2, 0.25) is 0 Å². The molecule has 1 N–H and O–H groups in total. The minimum Gasteiger partial charge on any atom is -0.489 e. The molecule has 3 nitrogen and oxygen atoms in total. The SMILES string of the molecule is CCc1ccccc1C(=O)Nc1ccc(OCc2ccccc2)cc1. The van der Waals surface area contributed by atoms with Gasteiger partial charge in [-0.25, -0.2) is 0 Å². The molecule has 0 heterocycles. The normalized spacial score (nSPS) is 10.3. The van der Waals surface area contributed by atoms with Gasteiger partial charge < -0.3 is 10.1 Å². The Kier molecular flexibility index (Phi) is 5.47. The molecule has 0 aliphatic carbocycles. The first-order chi connectivity index (χ1) is 12.3. The zero-order valence-corrected chi connectivity index (χ0v) is 14.2. The summed E-state index contributed by atoms with van der Waals surface area (Å²) in [6.45, 7) is 2.57. The second-order valence-corrected chi connectivity index (χ2v) is 5.76. The van der Waals surface area contributed by atoms with Gasteiger partial charge in [-0.15, -0.1) is 0 Å². The van der Waals surface area contributed by atoms with Crippen molar-refractivity contribution in [3.63, 3.8) is 0 Å². The predicted molar refractivity (Wildman–Crippen MR) is 101 cm³/mol. The van der Waals surface area contributed by atoms with Crippen molar-refractivity contribution < 1.29 is 9.53 Å². The maximum atomic E-state index is 12.4. The molecule has 1 amide bonds. The van der Waals surface area contributed by atoms with E-state index < -0.39 is 0 Å². The number of carbonyl (C=O) groups is 1. The van der Waals surface area contributed by atoms with E-state index in [2.05, 4.69) is 5.32 Å². The lowest BCUT2D eigenvalue weighted by atomic mass is 10.0. The number of benzene rings is 3. The van der Waals surface area contributed by atoms with Crippen molar-refractivity contribution in [2.75, 3.05) is 5.32 Å². The molecule has 0 saturated heterocycles. The summed E-state index contributed by atoms with van der Waals surface area (Å²) < 4.78 is 5.76. The number of aryl methyl sites for hydroxylation is 1. The Morgan fingerprint density at radius 1 is 0.880 bits per heavy atom. The summed E-state index contributed by atoms with van der Waals surface area (Å²) in [5.41, 5.74) is 3.64. The van der Waals surface area contributed by atoms with E-state index >= 15 is 0 Å². The van der Waals surface area contributed by atoms with Crippen LogP contribution >= 0.6 is 0 Å². The predicted octanol–water partition coefficient (Wildman–Crippen LogP) is 5.08. The van der Waals surface area contributed by atoms with Gasteiger partial charge in [0.25, 0.3) is 5.91 Å². The fourth-order valence-electron chi connectivity index (χ4n) is 2.62. The van der Waals surface area contributed by atoms with Gasteiger partial charge in [0.2, 0.25) is 0 Å². The Balaban J connectivity index is 1.61. The van der Waals surface area contributed by atoms with E-state index in [1.165, 1.54) is 0 Å². The van der Waals surface area contributed by atoms with Crippen LogP contribution in [0.1, 0.15) is 28.4 Å². The average molecular weight is 331 g/mol. The monoisotopic (exact) mass is 331 g/mol. The van der Waals surface area contributed by atoms with Gasteiger partial charge in [-0.1, -0.05) is 55.5 Å². The van der Waals surface area contributed by atoms with Crippen LogP contribution in [-0.2, 0) is 13.0 Å². The third-order valence-corrected chi connectivity index (χ3v) is 4.00. The highest BCUT2D eigenvalue weighted by atomic mass is 16.5. The van der Waals surface area contributed by atoms with Crippen molar-refractivity contribution in [3.8, 4) is 5.75 Å². The number of rotatable bonds is 6. The van der Waals surface area contributed by atoms with Crippen LogP contribution in [0.25, 0.3) is 0 Å². The lowest BCUT2D eigenvalue weighted by molar-refractivity contribution is 0.102. The lowest BCUT2D eigenvalue weighted by Gasteiger charge is -2.10. The summed E-state index contributed by atoms with van der Waals surface area (Å²) in [7, 11) is 0. The summed E-state index contributed by atoms with van der Waals surface area (Å²) in [4.78, 5) is 12.4. The molecule has 0 bridgehead atoms. The Hall–Kier alpha value is -3.07. The maximum absolute atomic E-state index is 12.4. The molecular weight excluding hydrogens is 310 g/mol. The quantitative estimate of drug-likeness (QED) is 0.684. The number of nitrogens with one attached hydrogen (secondary N) is 1. The van der Waals surface area contributed by atoms with Gasteiger partial charge in [0.05, 0.1) is 0 Å². The summed E-state index contributed by atoms with van der Waals surface area (Å²) in [6, 6.07) is 25.1. The zero-order chi connectivity index (χ0) is 17.5. The van der Waals surface area contributed by atoms with Crippen LogP contribution in [-0.4, -0.2) is 5.91 Å². The van der Waals surface area contributed by atoms with Crippen LogP contribution in [0.15, 0.2) is 78.9 Å². The van der Waals surface area contributed by atoms with E-state index in [1.54, 1.807) is 0 Å². The molecule has 0 radical (unpaired) electrons. The highest BCUT2D eigenvalue weighted by Crippen LogP contribution is 2.18. The van der Waals surface area contributed by atoms with Gasteiger partial charge in [0.1, 0.15) is 12.4 Å². The van der Waals surface area contributed by atoms with Gasteiger partial charge >= 0.3 is 0 Å². The van der Waals surface area contributed by atoms with Crippen molar-refractivity contribution in [3.05, 3.63) is 95.6 Å². The van der Waals surface area contributed by atoms with Crippen molar-refractivity contribution in [2.45, 2.75) is 20.0 Å². The van der Waals surface area contributed by atoms with Crippen molar-refractivity contribution in [2.24, 2.45) is 0 Å². The topological polar surface area (TPSA) is 38.3 Å². The fraction of sp³-hybridized carbons (Fsp3) is 0.136. The van der Waals surface area contributed by atoms with Crippen molar-refractivity contribution >= 4 is 11.6 Å². The first-order valence-corrected chi connectivity index (χ1v) is 8.42. The summed E-state index contributed by atoms with van der Waals surface area (Å²) in [5, 5.41) is 2.94. The second kappa shape index (κ2) is 8.15. The van der Waals surface area contributed by atoms with E-state index in [1.807, 2.05) is 85.8 Å².